The lowest BCUT2D eigenvalue weighted by Crippen LogP contribution is -2.40. The molecular weight excluding hydrogens is 413 g/mol. The summed E-state index contributed by atoms with van der Waals surface area (Å²) in [7, 11) is 1.39. The third-order valence-corrected chi connectivity index (χ3v) is 4.37. The van der Waals surface area contributed by atoms with E-state index in [1.807, 2.05) is 0 Å². The highest BCUT2D eigenvalue weighted by atomic mass is 19.4. The first kappa shape index (κ1) is 20.8. The van der Waals surface area contributed by atoms with Crippen LogP contribution in [0.4, 0.5) is 35.9 Å². The highest BCUT2D eigenvalue weighted by Gasteiger charge is 2.44. The lowest BCUT2D eigenvalue weighted by molar-refractivity contribution is -0.393. The first-order chi connectivity index (χ1) is 14.0. The number of benzene rings is 2. The molecule has 3 rings (SSSR count). The van der Waals surface area contributed by atoms with Gasteiger partial charge in [-0.15, -0.1) is 0 Å². The molecule has 30 heavy (non-hydrogen) atoms. The van der Waals surface area contributed by atoms with Gasteiger partial charge in [0.25, 0.3) is 0 Å². The molecule has 1 aliphatic heterocycles. The summed E-state index contributed by atoms with van der Waals surface area (Å²) in [6.45, 7) is 0.00132. The Labute approximate surface area is 166 Å². The third kappa shape index (κ3) is 3.68. The fourth-order valence-electron chi connectivity index (χ4n) is 3.07. The molecule has 0 aromatic heterocycles. The number of anilines is 2. The van der Waals surface area contributed by atoms with Crippen molar-refractivity contribution in [3.8, 4) is 5.75 Å². The van der Waals surface area contributed by atoms with Gasteiger partial charge in [0, 0.05) is 31.2 Å². The van der Waals surface area contributed by atoms with Gasteiger partial charge in [-0.3, -0.25) is 30.0 Å². The fourth-order valence-corrected chi connectivity index (χ4v) is 3.07. The first-order valence-corrected chi connectivity index (χ1v) is 8.33. The molecule has 13 heteroatoms. The Hall–Kier alpha value is -3.90. The number of nitro groups is 2. The van der Waals surface area contributed by atoms with Crippen LogP contribution in [0, 0.1) is 20.2 Å². The fraction of sp³-hybridized carbons (Fsp3) is 0.235. The summed E-state index contributed by atoms with van der Waals surface area (Å²) in [4.78, 5) is 33.2. The van der Waals surface area contributed by atoms with Crippen molar-refractivity contribution in [2.45, 2.75) is 12.6 Å². The van der Waals surface area contributed by atoms with E-state index in [9.17, 15) is 38.2 Å². The van der Waals surface area contributed by atoms with Crippen LogP contribution in [0.3, 0.4) is 0 Å². The van der Waals surface area contributed by atoms with E-state index < -0.39 is 44.6 Å². The highest BCUT2D eigenvalue weighted by molar-refractivity contribution is 6.03. The molecule has 0 bridgehead atoms. The average molecular weight is 426 g/mol. The number of hydrazine groups is 1. The van der Waals surface area contributed by atoms with Crippen molar-refractivity contribution in [2.75, 3.05) is 23.7 Å². The van der Waals surface area contributed by atoms with Crippen molar-refractivity contribution in [3.05, 3.63) is 62.2 Å². The van der Waals surface area contributed by atoms with Crippen LogP contribution >= 0.6 is 0 Å². The number of carbonyl (C=O) groups excluding carboxylic acids is 1. The molecule has 1 fully saturated rings. The molecular formula is C17H13F3N4O6. The monoisotopic (exact) mass is 426 g/mol. The highest BCUT2D eigenvalue weighted by Crippen LogP contribution is 2.45. The second kappa shape index (κ2) is 7.50. The van der Waals surface area contributed by atoms with Gasteiger partial charge in [0.05, 0.1) is 28.2 Å². The largest absolute Gasteiger partial charge is 0.497 e. The van der Waals surface area contributed by atoms with Crippen LogP contribution < -0.4 is 14.8 Å². The second-order valence-corrected chi connectivity index (χ2v) is 6.16. The Kier molecular flexibility index (Phi) is 5.20. The second-order valence-electron chi connectivity index (χ2n) is 6.16. The predicted octanol–water partition coefficient (Wildman–Crippen LogP) is 3.69. The third-order valence-electron chi connectivity index (χ3n) is 4.37. The molecule has 158 valence electrons. The van der Waals surface area contributed by atoms with Crippen molar-refractivity contribution in [1.82, 2.24) is 0 Å². The molecule has 1 saturated heterocycles. The Morgan fingerprint density at radius 2 is 1.67 bits per heavy atom. The van der Waals surface area contributed by atoms with E-state index in [0.29, 0.717) is 16.4 Å². The molecule has 1 aliphatic rings. The summed E-state index contributed by atoms with van der Waals surface area (Å²) in [6, 6.07) is 6.51. The van der Waals surface area contributed by atoms with Crippen LogP contribution in [0.25, 0.3) is 0 Å². The number of hydrogen-bond donors (Lipinski definition) is 0. The van der Waals surface area contributed by atoms with Crippen LogP contribution in [0.15, 0.2) is 36.4 Å². The van der Waals surface area contributed by atoms with E-state index in [2.05, 4.69) is 0 Å². The van der Waals surface area contributed by atoms with Gasteiger partial charge < -0.3 is 4.74 Å². The smallest absolute Gasteiger partial charge is 0.416 e. The van der Waals surface area contributed by atoms with Gasteiger partial charge in [-0.1, -0.05) is 6.07 Å². The van der Waals surface area contributed by atoms with Crippen molar-refractivity contribution < 1.29 is 32.5 Å². The summed E-state index contributed by atoms with van der Waals surface area (Å²) in [5.41, 5.74) is -4.52. The van der Waals surface area contributed by atoms with Crippen molar-refractivity contribution in [1.29, 1.82) is 0 Å². The molecule has 0 unspecified atom stereocenters. The number of rotatable bonds is 5. The molecule has 2 aromatic rings. The number of hydrogen-bond acceptors (Lipinski definition) is 7. The average Bonchev–Trinajstić information content (AvgIpc) is 3.07. The Bertz CT molecular complexity index is 1010. The van der Waals surface area contributed by atoms with E-state index in [0.717, 1.165) is 0 Å². The topological polar surface area (TPSA) is 119 Å². The number of ether oxygens (including phenoxy) is 1. The first-order valence-electron chi connectivity index (χ1n) is 8.33. The number of nitrogens with zero attached hydrogens (tertiary/aromatic N) is 4. The van der Waals surface area contributed by atoms with Gasteiger partial charge >= 0.3 is 17.6 Å². The molecule has 0 saturated carbocycles. The summed E-state index contributed by atoms with van der Waals surface area (Å²) in [5, 5.41) is 24.9. The summed E-state index contributed by atoms with van der Waals surface area (Å²) in [6.07, 6.45) is -5.22. The summed E-state index contributed by atoms with van der Waals surface area (Å²) >= 11 is 0. The van der Waals surface area contributed by atoms with Gasteiger partial charge in [-0.25, -0.2) is 5.01 Å². The lowest BCUT2D eigenvalue weighted by Gasteiger charge is -2.29. The SMILES string of the molecule is COc1cccc(N2CCC(=O)N2c2c([N+](=O)[O-])cc(C(F)(F)F)cc2[N+](=O)[O-])c1. The predicted molar refractivity (Wildman–Crippen MR) is 97.2 cm³/mol. The molecule has 0 radical (unpaired) electrons. The number of alkyl halides is 3. The van der Waals surface area contributed by atoms with Crippen molar-refractivity contribution in [3.63, 3.8) is 0 Å². The maximum absolute atomic E-state index is 13.1. The minimum atomic E-state index is -5.06. The van der Waals surface area contributed by atoms with Crippen LogP contribution in [0.2, 0.25) is 0 Å². The van der Waals surface area contributed by atoms with E-state index in [1.54, 1.807) is 12.1 Å². The molecule has 1 heterocycles. The molecule has 0 atom stereocenters. The summed E-state index contributed by atoms with van der Waals surface area (Å²) in [5.74, 6) is -0.369. The van der Waals surface area contributed by atoms with Gasteiger partial charge in [0.2, 0.25) is 11.6 Å². The maximum atomic E-state index is 13.1. The zero-order chi connectivity index (χ0) is 22.2. The van der Waals surface area contributed by atoms with E-state index in [4.69, 9.17) is 4.74 Å². The van der Waals surface area contributed by atoms with Gasteiger partial charge in [-0.05, 0) is 12.1 Å². The molecule has 2 aromatic carbocycles. The van der Waals surface area contributed by atoms with Gasteiger partial charge in [-0.2, -0.15) is 13.2 Å². The minimum Gasteiger partial charge on any atom is -0.497 e. The van der Waals surface area contributed by atoms with Crippen LogP contribution in [0.1, 0.15) is 12.0 Å². The van der Waals surface area contributed by atoms with Gasteiger partial charge in [0.15, 0.2) is 0 Å². The molecule has 10 nitrogen and oxygen atoms in total. The van der Waals surface area contributed by atoms with Crippen molar-refractivity contribution in [2.24, 2.45) is 0 Å². The van der Waals surface area contributed by atoms with Crippen LogP contribution in [-0.4, -0.2) is 29.4 Å². The van der Waals surface area contributed by atoms with E-state index in [1.165, 1.54) is 24.3 Å². The number of methoxy groups -OCH3 is 1. The normalized spacial score (nSPS) is 14.2. The van der Waals surface area contributed by atoms with E-state index in [-0.39, 0.29) is 25.1 Å². The minimum absolute atomic E-state index is 0.00132. The number of nitro benzene ring substituents is 2. The number of halogens is 3. The zero-order valence-electron chi connectivity index (χ0n) is 15.3. The quantitative estimate of drug-likeness (QED) is 0.528. The molecule has 0 aliphatic carbocycles. The Balaban J connectivity index is 2.26. The number of amides is 1. The maximum Gasteiger partial charge on any atom is 0.416 e. The van der Waals surface area contributed by atoms with Crippen LogP contribution in [0.5, 0.6) is 5.75 Å². The number of carbonyl (C=O) groups is 1. The molecule has 1 amide bonds. The standard InChI is InChI=1S/C17H13F3N4O6/c1-30-12-4-2-3-11(9-12)21-6-5-15(25)22(21)16-13(23(26)27)7-10(17(18,19)20)8-14(16)24(28)29/h2-4,7-9H,5-6H2,1H3. The van der Waals surface area contributed by atoms with Gasteiger partial charge in [0.1, 0.15) is 5.75 Å². The molecule has 0 N–H and O–H groups in total. The molecule has 0 spiro atoms. The Morgan fingerprint density at radius 3 is 2.17 bits per heavy atom. The zero-order valence-corrected chi connectivity index (χ0v) is 15.3. The van der Waals surface area contributed by atoms with E-state index >= 15 is 0 Å². The lowest BCUT2D eigenvalue weighted by atomic mass is 10.1. The van der Waals surface area contributed by atoms with Crippen LogP contribution in [-0.2, 0) is 11.0 Å². The van der Waals surface area contributed by atoms with Crippen molar-refractivity contribution >= 4 is 28.7 Å². The Morgan fingerprint density at radius 1 is 1.07 bits per heavy atom. The summed E-state index contributed by atoms with van der Waals surface area (Å²) < 4.78 is 44.5.